The maximum Gasteiger partial charge on any atom is 0.272 e. The largest absolute Gasteiger partial charge is 0.496 e. The molecule has 8 nitrogen and oxygen atoms in total. The topological polar surface area (TPSA) is 109 Å². The van der Waals surface area contributed by atoms with Crippen LogP contribution in [0, 0.1) is 0 Å². The minimum absolute atomic E-state index is 0.126. The molecule has 0 saturated carbocycles. The van der Waals surface area contributed by atoms with Gasteiger partial charge in [0.15, 0.2) is 5.13 Å². The highest BCUT2D eigenvalue weighted by atomic mass is 32.2. The lowest BCUT2D eigenvalue weighted by Gasteiger charge is -2.13. The fourth-order valence-corrected chi connectivity index (χ4v) is 6.29. The SMILES string of the molecule is COc1ccccc1-c1csc(NC(=O)C(C)Sc2ccc(NC(=O)/C(=C/c3cccs3)NC(=O)c3ccccc3)cc2)n1. The number of amides is 3. The Hall–Kier alpha value is -4.71. The number of benzene rings is 3. The van der Waals surface area contributed by atoms with Crippen molar-refractivity contribution in [3.05, 3.63) is 118 Å². The first-order valence-corrected chi connectivity index (χ1v) is 16.1. The molecule has 0 aliphatic heterocycles. The van der Waals surface area contributed by atoms with E-state index in [2.05, 4.69) is 20.9 Å². The third kappa shape index (κ3) is 8.01. The quantitative estimate of drug-likeness (QED) is 0.103. The second-order valence-electron chi connectivity index (χ2n) is 9.36. The molecule has 0 spiro atoms. The number of anilines is 2. The summed E-state index contributed by atoms with van der Waals surface area (Å²) in [7, 11) is 1.61. The fraction of sp³-hybridized carbons (Fsp3) is 0.0909. The number of hydrogen-bond acceptors (Lipinski definition) is 8. The Morgan fingerprint density at radius 3 is 2.36 bits per heavy atom. The molecule has 44 heavy (non-hydrogen) atoms. The van der Waals surface area contributed by atoms with E-state index in [1.807, 2.05) is 72.3 Å². The Bertz CT molecular complexity index is 1770. The van der Waals surface area contributed by atoms with Crippen LogP contribution >= 0.6 is 34.4 Å². The van der Waals surface area contributed by atoms with Crippen molar-refractivity contribution >= 4 is 69.1 Å². The summed E-state index contributed by atoms with van der Waals surface area (Å²) in [5, 5.41) is 12.4. The van der Waals surface area contributed by atoms with Crippen molar-refractivity contribution in [1.29, 1.82) is 0 Å². The van der Waals surface area contributed by atoms with E-state index in [0.717, 1.165) is 21.0 Å². The summed E-state index contributed by atoms with van der Waals surface area (Å²) in [6.45, 7) is 1.82. The van der Waals surface area contributed by atoms with E-state index in [4.69, 9.17) is 4.74 Å². The van der Waals surface area contributed by atoms with Gasteiger partial charge >= 0.3 is 0 Å². The molecule has 2 aromatic heterocycles. The first-order valence-electron chi connectivity index (χ1n) is 13.5. The van der Waals surface area contributed by atoms with Crippen LogP contribution in [0.15, 0.2) is 112 Å². The van der Waals surface area contributed by atoms with E-state index >= 15 is 0 Å². The summed E-state index contributed by atoms with van der Waals surface area (Å²) in [6, 6.07) is 27.2. The number of hydrogen-bond donors (Lipinski definition) is 3. The molecule has 222 valence electrons. The predicted molar refractivity (Wildman–Crippen MR) is 179 cm³/mol. The van der Waals surface area contributed by atoms with Crippen molar-refractivity contribution in [1.82, 2.24) is 10.3 Å². The van der Waals surface area contributed by atoms with Crippen LogP contribution in [0.25, 0.3) is 17.3 Å². The van der Waals surface area contributed by atoms with Gasteiger partial charge in [0, 0.05) is 32.0 Å². The molecule has 5 aromatic rings. The molecular weight excluding hydrogens is 613 g/mol. The van der Waals surface area contributed by atoms with E-state index in [9.17, 15) is 14.4 Å². The van der Waals surface area contributed by atoms with Gasteiger partial charge in [-0.2, -0.15) is 0 Å². The molecule has 2 heterocycles. The molecule has 3 amide bonds. The van der Waals surface area contributed by atoms with E-state index in [-0.39, 0.29) is 17.5 Å². The third-order valence-corrected chi connectivity index (χ3v) is 8.96. The lowest BCUT2D eigenvalue weighted by Crippen LogP contribution is -2.30. The average Bonchev–Trinajstić information content (AvgIpc) is 3.74. The van der Waals surface area contributed by atoms with Gasteiger partial charge < -0.3 is 20.7 Å². The minimum atomic E-state index is -0.452. The Kier molecular flexibility index (Phi) is 10.2. The first-order chi connectivity index (χ1) is 21.4. The summed E-state index contributed by atoms with van der Waals surface area (Å²) >= 11 is 4.20. The van der Waals surface area contributed by atoms with E-state index in [1.165, 1.54) is 34.4 Å². The maximum atomic E-state index is 13.2. The summed E-state index contributed by atoms with van der Waals surface area (Å²) in [5.41, 5.74) is 2.71. The van der Waals surface area contributed by atoms with Gasteiger partial charge in [-0.15, -0.1) is 34.4 Å². The highest BCUT2D eigenvalue weighted by Crippen LogP contribution is 2.32. The van der Waals surface area contributed by atoms with E-state index in [0.29, 0.717) is 22.1 Å². The Morgan fingerprint density at radius 1 is 0.886 bits per heavy atom. The average molecular weight is 641 g/mol. The highest BCUT2D eigenvalue weighted by Gasteiger charge is 2.18. The van der Waals surface area contributed by atoms with Crippen molar-refractivity contribution in [3.8, 4) is 17.0 Å². The molecule has 0 bridgehead atoms. The molecule has 0 saturated heterocycles. The minimum Gasteiger partial charge on any atom is -0.496 e. The predicted octanol–water partition coefficient (Wildman–Crippen LogP) is 7.41. The van der Waals surface area contributed by atoms with Gasteiger partial charge in [0.25, 0.3) is 11.8 Å². The van der Waals surface area contributed by atoms with Crippen LogP contribution in [0.4, 0.5) is 10.8 Å². The number of para-hydroxylation sites is 1. The van der Waals surface area contributed by atoms with Gasteiger partial charge in [-0.25, -0.2) is 4.98 Å². The van der Waals surface area contributed by atoms with Crippen LogP contribution in [0.5, 0.6) is 5.75 Å². The van der Waals surface area contributed by atoms with E-state index in [1.54, 1.807) is 49.6 Å². The number of thiazole rings is 1. The van der Waals surface area contributed by atoms with Crippen LogP contribution in [-0.4, -0.2) is 35.1 Å². The van der Waals surface area contributed by atoms with Crippen molar-refractivity contribution in [3.63, 3.8) is 0 Å². The zero-order chi connectivity index (χ0) is 30.9. The number of nitrogens with zero attached hydrogens (tertiary/aromatic N) is 1. The second kappa shape index (κ2) is 14.6. The number of ether oxygens (including phenoxy) is 1. The molecule has 3 aromatic carbocycles. The molecule has 0 aliphatic rings. The van der Waals surface area contributed by atoms with Gasteiger partial charge in [0.1, 0.15) is 11.4 Å². The molecule has 5 rings (SSSR count). The standard InChI is InChI=1S/C33H28N4O4S3/c1-21(30(38)37-33-36-28(20-43-33)26-12-6-7-13-29(26)41-2)44-24-16-14-23(15-17-24)34-32(40)27(19-25-11-8-18-42-25)35-31(39)22-9-4-3-5-10-22/h3-21H,1-2H3,(H,34,40)(H,35,39)(H,36,37,38)/b27-19-. The van der Waals surface area contributed by atoms with E-state index < -0.39 is 11.2 Å². The number of methoxy groups -OCH3 is 1. The molecule has 0 radical (unpaired) electrons. The molecule has 3 N–H and O–H groups in total. The molecule has 1 unspecified atom stereocenters. The Morgan fingerprint density at radius 2 is 1.64 bits per heavy atom. The summed E-state index contributed by atoms with van der Waals surface area (Å²) in [4.78, 5) is 45.1. The number of carbonyl (C=O) groups is 3. The summed E-state index contributed by atoms with van der Waals surface area (Å²) in [5.74, 6) is -0.292. The third-order valence-electron chi connectivity index (χ3n) is 6.27. The summed E-state index contributed by atoms with van der Waals surface area (Å²) in [6.07, 6.45) is 1.65. The number of aromatic nitrogens is 1. The van der Waals surface area contributed by atoms with Crippen LogP contribution in [0.1, 0.15) is 22.2 Å². The van der Waals surface area contributed by atoms with Gasteiger partial charge in [0.05, 0.1) is 18.1 Å². The molecule has 1 atom stereocenters. The van der Waals surface area contributed by atoms with Crippen LogP contribution in [-0.2, 0) is 9.59 Å². The molecular formula is C33H28N4O4S3. The normalized spacial score (nSPS) is 11.8. The summed E-state index contributed by atoms with van der Waals surface area (Å²) < 4.78 is 5.42. The van der Waals surface area contributed by atoms with Crippen molar-refractivity contribution in [2.45, 2.75) is 17.1 Å². The van der Waals surface area contributed by atoms with Gasteiger partial charge in [0.2, 0.25) is 5.91 Å². The number of carbonyl (C=O) groups excluding carboxylic acids is 3. The number of nitrogens with one attached hydrogen (secondary N) is 3. The Balaban J connectivity index is 1.19. The van der Waals surface area contributed by atoms with Gasteiger partial charge in [-0.1, -0.05) is 36.4 Å². The van der Waals surface area contributed by atoms with Crippen LogP contribution in [0.2, 0.25) is 0 Å². The monoisotopic (exact) mass is 640 g/mol. The molecule has 0 aliphatic carbocycles. The zero-order valence-corrected chi connectivity index (χ0v) is 26.2. The van der Waals surface area contributed by atoms with Crippen LogP contribution < -0.4 is 20.7 Å². The smallest absolute Gasteiger partial charge is 0.272 e. The number of thiophene rings is 1. The Labute approximate surface area is 267 Å². The number of thioether (sulfide) groups is 1. The van der Waals surface area contributed by atoms with Gasteiger partial charge in [-0.05, 0) is 73.0 Å². The maximum absolute atomic E-state index is 13.2. The van der Waals surface area contributed by atoms with Crippen molar-refractivity contribution in [2.24, 2.45) is 0 Å². The van der Waals surface area contributed by atoms with Crippen molar-refractivity contribution < 1.29 is 19.1 Å². The van der Waals surface area contributed by atoms with Crippen molar-refractivity contribution in [2.75, 3.05) is 17.7 Å². The van der Waals surface area contributed by atoms with Crippen LogP contribution in [0.3, 0.4) is 0 Å². The fourth-order valence-electron chi connectivity index (χ4n) is 4.05. The lowest BCUT2D eigenvalue weighted by atomic mass is 10.1. The number of rotatable bonds is 11. The zero-order valence-electron chi connectivity index (χ0n) is 23.8. The second-order valence-corrected chi connectivity index (χ2v) is 12.6. The van der Waals surface area contributed by atoms with Gasteiger partial charge in [-0.3, -0.25) is 14.4 Å². The molecule has 11 heteroatoms. The first kappa shape index (κ1) is 30.7. The lowest BCUT2D eigenvalue weighted by molar-refractivity contribution is -0.115. The molecule has 0 fully saturated rings. The highest BCUT2D eigenvalue weighted by molar-refractivity contribution is 8.00.